The molecular weight excluding hydrogens is 304 g/mol. The molecule has 0 aromatic heterocycles. The SMILES string of the molecule is C[C@@H]1CC[C@]2(C)[C@H](C[C@@H](O)[C@H]3O[C@]32C)[C@@]1(C)CCC1=CC(=O)OC1. The van der Waals surface area contributed by atoms with E-state index >= 15 is 0 Å². The molecule has 2 heterocycles. The first-order valence-corrected chi connectivity index (χ1v) is 9.43. The largest absolute Gasteiger partial charge is 0.458 e. The van der Waals surface area contributed by atoms with Crippen molar-refractivity contribution in [2.45, 2.75) is 77.6 Å². The van der Waals surface area contributed by atoms with Crippen molar-refractivity contribution in [1.29, 1.82) is 0 Å². The molecule has 4 heteroatoms. The third-order valence-corrected chi connectivity index (χ3v) is 8.31. The van der Waals surface area contributed by atoms with Crippen LogP contribution in [0.25, 0.3) is 0 Å². The summed E-state index contributed by atoms with van der Waals surface area (Å²) in [6, 6.07) is 0. The van der Waals surface area contributed by atoms with Gasteiger partial charge in [0.05, 0.1) is 6.10 Å². The third kappa shape index (κ3) is 2.08. The molecule has 4 aliphatic rings. The van der Waals surface area contributed by atoms with Gasteiger partial charge < -0.3 is 14.6 Å². The second kappa shape index (κ2) is 5.07. The van der Waals surface area contributed by atoms with Crippen molar-refractivity contribution in [3.63, 3.8) is 0 Å². The van der Waals surface area contributed by atoms with Crippen molar-refractivity contribution < 1.29 is 19.4 Å². The van der Waals surface area contributed by atoms with Gasteiger partial charge >= 0.3 is 5.97 Å². The van der Waals surface area contributed by atoms with Gasteiger partial charge in [0, 0.05) is 11.5 Å². The van der Waals surface area contributed by atoms with Crippen LogP contribution in [0.5, 0.6) is 0 Å². The summed E-state index contributed by atoms with van der Waals surface area (Å²) in [7, 11) is 0. The summed E-state index contributed by atoms with van der Waals surface area (Å²) >= 11 is 0. The first kappa shape index (κ1) is 16.6. The summed E-state index contributed by atoms with van der Waals surface area (Å²) in [4.78, 5) is 11.3. The highest BCUT2D eigenvalue weighted by molar-refractivity contribution is 5.85. The molecule has 1 saturated heterocycles. The van der Waals surface area contributed by atoms with E-state index in [0.29, 0.717) is 18.4 Å². The average Bonchev–Trinajstić information content (AvgIpc) is 3.09. The zero-order valence-corrected chi connectivity index (χ0v) is 15.3. The van der Waals surface area contributed by atoms with E-state index in [-0.39, 0.29) is 34.6 Å². The maximum atomic E-state index is 11.3. The predicted molar refractivity (Wildman–Crippen MR) is 90.3 cm³/mol. The second-order valence-electron chi connectivity index (χ2n) is 9.27. The van der Waals surface area contributed by atoms with Gasteiger partial charge in [0.25, 0.3) is 0 Å². The number of carbonyl (C=O) groups is 1. The van der Waals surface area contributed by atoms with Crippen LogP contribution < -0.4 is 0 Å². The van der Waals surface area contributed by atoms with Crippen LogP contribution in [0.15, 0.2) is 11.6 Å². The molecular formula is C20H30O4. The summed E-state index contributed by atoms with van der Waals surface area (Å²) < 4.78 is 11.1. The molecule has 0 aromatic carbocycles. The van der Waals surface area contributed by atoms with Crippen LogP contribution in [0.3, 0.4) is 0 Å². The number of hydrogen-bond acceptors (Lipinski definition) is 4. The van der Waals surface area contributed by atoms with Crippen LogP contribution in [0.4, 0.5) is 0 Å². The number of aliphatic hydroxyl groups excluding tert-OH is 1. The summed E-state index contributed by atoms with van der Waals surface area (Å²) in [5, 5.41) is 10.6. The minimum atomic E-state index is -0.340. The number of cyclic esters (lactones) is 1. The van der Waals surface area contributed by atoms with Gasteiger partial charge in [-0.15, -0.1) is 0 Å². The van der Waals surface area contributed by atoms with E-state index in [4.69, 9.17) is 9.47 Å². The van der Waals surface area contributed by atoms with Crippen molar-refractivity contribution in [2.75, 3.05) is 6.61 Å². The van der Waals surface area contributed by atoms with Crippen LogP contribution >= 0.6 is 0 Å². The summed E-state index contributed by atoms with van der Waals surface area (Å²) in [6.45, 7) is 9.80. The molecule has 0 aromatic rings. The Balaban J connectivity index is 1.60. The third-order valence-electron chi connectivity index (χ3n) is 8.31. The van der Waals surface area contributed by atoms with E-state index in [2.05, 4.69) is 27.7 Å². The van der Waals surface area contributed by atoms with Gasteiger partial charge in [-0.1, -0.05) is 20.8 Å². The van der Waals surface area contributed by atoms with Crippen molar-refractivity contribution >= 4 is 5.97 Å². The molecule has 24 heavy (non-hydrogen) atoms. The van der Waals surface area contributed by atoms with Gasteiger partial charge in [0.15, 0.2) is 0 Å². The second-order valence-corrected chi connectivity index (χ2v) is 9.27. The zero-order chi connectivity index (χ0) is 17.3. The minimum absolute atomic E-state index is 0.0277. The van der Waals surface area contributed by atoms with E-state index < -0.39 is 0 Å². The lowest BCUT2D eigenvalue weighted by atomic mass is 9.44. The van der Waals surface area contributed by atoms with Crippen molar-refractivity contribution in [2.24, 2.45) is 22.7 Å². The lowest BCUT2D eigenvalue weighted by molar-refractivity contribution is -0.135. The van der Waals surface area contributed by atoms with E-state index in [1.54, 1.807) is 6.08 Å². The fourth-order valence-electron chi connectivity index (χ4n) is 6.12. The highest BCUT2D eigenvalue weighted by atomic mass is 16.6. The fraction of sp³-hybridized carbons (Fsp3) is 0.850. The Bertz CT molecular complexity index is 598. The minimum Gasteiger partial charge on any atom is -0.458 e. The maximum Gasteiger partial charge on any atom is 0.331 e. The number of aliphatic hydroxyl groups is 1. The Kier molecular flexibility index (Phi) is 3.51. The van der Waals surface area contributed by atoms with Crippen LogP contribution in [-0.4, -0.2) is 35.5 Å². The first-order valence-electron chi connectivity index (χ1n) is 9.43. The highest BCUT2D eigenvalue weighted by Crippen LogP contribution is 2.70. The first-order chi connectivity index (χ1) is 11.2. The van der Waals surface area contributed by atoms with E-state index in [0.717, 1.165) is 24.8 Å². The zero-order valence-electron chi connectivity index (χ0n) is 15.3. The van der Waals surface area contributed by atoms with Crippen molar-refractivity contribution in [3.05, 3.63) is 11.6 Å². The van der Waals surface area contributed by atoms with Gasteiger partial charge in [-0.3, -0.25) is 0 Å². The molecule has 7 atom stereocenters. The molecule has 0 unspecified atom stereocenters. The smallest absolute Gasteiger partial charge is 0.331 e. The molecule has 0 spiro atoms. The quantitative estimate of drug-likeness (QED) is 0.636. The number of ether oxygens (including phenoxy) is 2. The van der Waals surface area contributed by atoms with Crippen LogP contribution in [0, 0.1) is 22.7 Å². The van der Waals surface area contributed by atoms with E-state index in [1.807, 2.05) is 0 Å². The molecule has 4 rings (SSSR count). The van der Waals surface area contributed by atoms with Gasteiger partial charge in [-0.05, 0) is 61.9 Å². The molecule has 2 saturated carbocycles. The summed E-state index contributed by atoms with van der Waals surface area (Å²) in [6.07, 6.45) is 6.53. The van der Waals surface area contributed by atoms with E-state index in [1.165, 1.54) is 12.8 Å². The Labute approximate surface area is 144 Å². The normalized spacial score (nSPS) is 53.0. The highest BCUT2D eigenvalue weighted by Gasteiger charge is 2.74. The Morgan fingerprint density at radius 2 is 2.08 bits per heavy atom. The van der Waals surface area contributed by atoms with Crippen LogP contribution in [0.1, 0.15) is 59.8 Å². The molecule has 2 aliphatic heterocycles. The number of epoxide rings is 1. The topological polar surface area (TPSA) is 59.1 Å². The standard InChI is InChI=1S/C20H30O4/c1-12-5-8-19(3)15(10-14(21)17-20(19,4)24-17)18(12,2)7-6-13-9-16(22)23-11-13/h9,12,14-15,17,21H,5-8,10-11H2,1-4H3/t12-,14-,15-,17-,18+,19-,20-/m1/s1. The molecule has 0 amide bonds. The number of rotatable bonds is 3. The van der Waals surface area contributed by atoms with Gasteiger partial charge in [0.1, 0.15) is 18.3 Å². The molecule has 2 aliphatic carbocycles. The summed E-state index contributed by atoms with van der Waals surface area (Å²) in [5.74, 6) is 0.859. The Hall–Kier alpha value is -0.870. The Morgan fingerprint density at radius 1 is 1.33 bits per heavy atom. The van der Waals surface area contributed by atoms with Crippen molar-refractivity contribution in [1.82, 2.24) is 0 Å². The Morgan fingerprint density at radius 3 is 2.75 bits per heavy atom. The number of esters is 1. The predicted octanol–water partition coefficient (Wildman–Crippen LogP) is 3.23. The van der Waals surface area contributed by atoms with Crippen molar-refractivity contribution in [3.8, 4) is 0 Å². The summed E-state index contributed by atoms with van der Waals surface area (Å²) in [5.41, 5.74) is 1.24. The maximum absolute atomic E-state index is 11.3. The lowest BCUT2D eigenvalue weighted by Crippen LogP contribution is -2.58. The molecule has 1 N–H and O–H groups in total. The van der Waals surface area contributed by atoms with E-state index in [9.17, 15) is 9.90 Å². The molecule has 0 bridgehead atoms. The molecule has 134 valence electrons. The van der Waals surface area contributed by atoms with Crippen LogP contribution in [-0.2, 0) is 14.3 Å². The van der Waals surface area contributed by atoms with Crippen LogP contribution in [0.2, 0.25) is 0 Å². The number of hydrogen-bond donors (Lipinski definition) is 1. The number of fused-ring (bicyclic) bond motifs is 3. The monoisotopic (exact) mass is 334 g/mol. The van der Waals surface area contributed by atoms with Gasteiger partial charge in [-0.2, -0.15) is 0 Å². The van der Waals surface area contributed by atoms with Gasteiger partial charge in [0.2, 0.25) is 0 Å². The lowest BCUT2D eigenvalue weighted by Gasteiger charge is -2.59. The number of carbonyl (C=O) groups excluding carboxylic acids is 1. The molecule has 3 fully saturated rings. The molecule has 0 radical (unpaired) electrons. The fourth-order valence-corrected chi connectivity index (χ4v) is 6.12. The molecule has 4 nitrogen and oxygen atoms in total. The average molecular weight is 334 g/mol. The van der Waals surface area contributed by atoms with Gasteiger partial charge in [-0.25, -0.2) is 4.79 Å².